The number of halogens is 1. The summed E-state index contributed by atoms with van der Waals surface area (Å²) < 4.78 is 13.6. The van der Waals surface area contributed by atoms with E-state index in [1.165, 1.54) is 0 Å². The van der Waals surface area contributed by atoms with E-state index in [4.69, 9.17) is 9.47 Å². The Morgan fingerprint density at radius 2 is 2.50 bits per heavy atom. The van der Waals surface area contributed by atoms with Gasteiger partial charge >= 0.3 is 0 Å². The molecule has 0 bridgehead atoms. The van der Waals surface area contributed by atoms with Gasteiger partial charge in [-0.25, -0.2) is 4.68 Å². The van der Waals surface area contributed by atoms with Crippen LogP contribution < -0.4 is 0 Å². The van der Waals surface area contributed by atoms with Gasteiger partial charge in [0.15, 0.2) is 6.23 Å². The van der Waals surface area contributed by atoms with Gasteiger partial charge in [-0.2, -0.15) is 5.10 Å². The molecule has 1 atom stereocenters. The summed E-state index contributed by atoms with van der Waals surface area (Å²) in [7, 11) is 0. The van der Waals surface area contributed by atoms with E-state index in [0.717, 1.165) is 3.57 Å². The molecule has 0 N–H and O–H groups in total. The minimum atomic E-state index is -0.0396. The molecular weight excluding hydrogens is 271 g/mol. The van der Waals surface area contributed by atoms with Gasteiger partial charge in [-0.05, 0) is 22.6 Å². The third kappa shape index (κ3) is 1.78. The number of hydrogen-bond donors (Lipinski definition) is 0. The maximum Gasteiger partial charge on any atom is 0.173 e. The number of rotatable bonds is 1. The van der Waals surface area contributed by atoms with E-state index in [9.17, 15) is 0 Å². The summed E-state index contributed by atoms with van der Waals surface area (Å²) in [6.45, 7) is 1.94. The van der Waals surface area contributed by atoms with Gasteiger partial charge in [0.05, 0.1) is 29.6 Å². The van der Waals surface area contributed by atoms with Crippen molar-refractivity contribution in [2.75, 3.05) is 19.8 Å². The van der Waals surface area contributed by atoms with Crippen molar-refractivity contribution in [1.29, 1.82) is 0 Å². The molecule has 1 aromatic rings. The molecule has 0 radical (unpaired) electrons. The Balaban J connectivity index is 2.08. The summed E-state index contributed by atoms with van der Waals surface area (Å²) in [5.41, 5.74) is 0. The molecule has 2 heterocycles. The minimum Gasteiger partial charge on any atom is -0.374 e. The Morgan fingerprint density at radius 1 is 1.58 bits per heavy atom. The maximum atomic E-state index is 5.45. The van der Waals surface area contributed by atoms with Crippen LogP contribution in [0.2, 0.25) is 0 Å². The number of ether oxygens (including phenoxy) is 2. The minimum absolute atomic E-state index is 0.0396. The van der Waals surface area contributed by atoms with Crippen LogP contribution >= 0.6 is 22.6 Å². The average molecular weight is 280 g/mol. The van der Waals surface area contributed by atoms with Gasteiger partial charge in [0.2, 0.25) is 0 Å². The van der Waals surface area contributed by atoms with Crippen LogP contribution in [0.5, 0.6) is 0 Å². The number of hydrogen-bond acceptors (Lipinski definition) is 3. The monoisotopic (exact) mass is 280 g/mol. The van der Waals surface area contributed by atoms with Crippen LogP contribution in [0.4, 0.5) is 0 Å². The van der Waals surface area contributed by atoms with Gasteiger partial charge in [0, 0.05) is 6.20 Å². The van der Waals surface area contributed by atoms with Crippen LogP contribution in [0.1, 0.15) is 6.23 Å². The Morgan fingerprint density at radius 3 is 3.08 bits per heavy atom. The van der Waals surface area contributed by atoms with Crippen molar-refractivity contribution in [3.63, 3.8) is 0 Å². The molecule has 1 fully saturated rings. The number of aromatic nitrogens is 2. The smallest absolute Gasteiger partial charge is 0.173 e. The molecule has 1 aromatic heterocycles. The molecule has 1 saturated heterocycles. The Kier molecular flexibility index (Phi) is 2.62. The first kappa shape index (κ1) is 8.46. The third-order valence-electron chi connectivity index (χ3n) is 1.66. The lowest BCUT2D eigenvalue weighted by atomic mass is 10.5. The van der Waals surface area contributed by atoms with Gasteiger partial charge in [0.25, 0.3) is 0 Å². The third-order valence-corrected chi connectivity index (χ3v) is 2.22. The Labute approximate surface area is 84.0 Å². The second-order valence-electron chi connectivity index (χ2n) is 2.54. The fraction of sp³-hybridized carbons (Fsp3) is 0.571. The van der Waals surface area contributed by atoms with Gasteiger partial charge in [-0.1, -0.05) is 0 Å². The predicted octanol–water partition coefficient (Wildman–Crippen LogP) is 1.03. The molecule has 0 aliphatic carbocycles. The predicted molar refractivity (Wildman–Crippen MR) is 50.8 cm³/mol. The van der Waals surface area contributed by atoms with E-state index in [-0.39, 0.29) is 6.23 Å². The van der Waals surface area contributed by atoms with Crippen LogP contribution in [0, 0.1) is 3.57 Å². The summed E-state index contributed by atoms with van der Waals surface area (Å²) in [6, 6.07) is 0. The lowest BCUT2D eigenvalue weighted by Crippen LogP contribution is -2.26. The highest BCUT2D eigenvalue weighted by atomic mass is 127. The molecule has 0 aromatic carbocycles. The van der Waals surface area contributed by atoms with Gasteiger partial charge in [-0.15, -0.1) is 0 Å². The first-order chi connectivity index (χ1) is 5.86. The summed E-state index contributed by atoms with van der Waals surface area (Å²) >= 11 is 2.22. The molecule has 1 unspecified atom stereocenters. The lowest BCUT2D eigenvalue weighted by Gasteiger charge is -2.22. The lowest BCUT2D eigenvalue weighted by molar-refractivity contribution is -0.127. The summed E-state index contributed by atoms with van der Waals surface area (Å²) in [6.07, 6.45) is 3.71. The van der Waals surface area contributed by atoms with Crippen molar-refractivity contribution in [1.82, 2.24) is 9.78 Å². The van der Waals surface area contributed by atoms with E-state index in [2.05, 4.69) is 27.7 Å². The van der Waals surface area contributed by atoms with E-state index >= 15 is 0 Å². The van der Waals surface area contributed by atoms with Crippen molar-refractivity contribution < 1.29 is 9.47 Å². The Hall–Kier alpha value is -0.140. The van der Waals surface area contributed by atoms with Crippen LogP contribution in [-0.4, -0.2) is 29.6 Å². The second kappa shape index (κ2) is 3.71. The number of nitrogens with zero attached hydrogens (tertiary/aromatic N) is 2. The highest BCUT2D eigenvalue weighted by Crippen LogP contribution is 2.13. The van der Waals surface area contributed by atoms with E-state index in [1.54, 1.807) is 10.9 Å². The fourth-order valence-corrected chi connectivity index (χ4v) is 1.51. The molecule has 0 amide bonds. The van der Waals surface area contributed by atoms with Crippen molar-refractivity contribution in [3.05, 3.63) is 16.0 Å². The second-order valence-corrected chi connectivity index (χ2v) is 3.78. The van der Waals surface area contributed by atoms with Gasteiger partial charge in [0.1, 0.15) is 0 Å². The van der Waals surface area contributed by atoms with Crippen LogP contribution in [-0.2, 0) is 9.47 Å². The SMILES string of the molecule is Ic1cnn(C2COCCO2)c1. The van der Waals surface area contributed by atoms with Crippen LogP contribution in [0.25, 0.3) is 0 Å². The molecule has 5 heteroatoms. The van der Waals surface area contributed by atoms with Crippen molar-refractivity contribution in [2.45, 2.75) is 6.23 Å². The molecule has 2 rings (SSSR count). The first-order valence-corrected chi connectivity index (χ1v) is 4.83. The normalized spacial score (nSPS) is 24.2. The van der Waals surface area contributed by atoms with E-state index in [1.807, 2.05) is 6.20 Å². The van der Waals surface area contributed by atoms with Gasteiger partial charge in [-0.3, -0.25) is 0 Å². The fourth-order valence-electron chi connectivity index (χ4n) is 1.10. The molecule has 0 saturated carbocycles. The van der Waals surface area contributed by atoms with Crippen molar-refractivity contribution >= 4 is 22.6 Å². The van der Waals surface area contributed by atoms with E-state index in [0.29, 0.717) is 19.8 Å². The molecule has 1 aliphatic heterocycles. The highest BCUT2D eigenvalue weighted by Gasteiger charge is 2.16. The summed E-state index contributed by atoms with van der Waals surface area (Å²) in [5.74, 6) is 0. The zero-order valence-electron chi connectivity index (χ0n) is 6.44. The molecule has 0 spiro atoms. The standard InChI is InChI=1S/C7H9IN2O2/c8-6-3-9-10(4-6)7-5-11-1-2-12-7/h3-4,7H,1-2,5H2. The summed E-state index contributed by atoms with van der Waals surface area (Å²) in [5, 5.41) is 4.14. The van der Waals surface area contributed by atoms with Gasteiger partial charge < -0.3 is 9.47 Å². The largest absolute Gasteiger partial charge is 0.374 e. The Bertz CT molecular complexity index is 258. The highest BCUT2D eigenvalue weighted by molar-refractivity contribution is 14.1. The van der Waals surface area contributed by atoms with Crippen LogP contribution in [0.15, 0.2) is 12.4 Å². The zero-order valence-corrected chi connectivity index (χ0v) is 8.60. The van der Waals surface area contributed by atoms with Crippen molar-refractivity contribution in [3.8, 4) is 0 Å². The van der Waals surface area contributed by atoms with E-state index < -0.39 is 0 Å². The summed E-state index contributed by atoms with van der Waals surface area (Å²) in [4.78, 5) is 0. The average Bonchev–Trinajstić information content (AvgIpc) is 2.54. The first-order valence-electron chi connectivity index (χ1n) is 3.75. The molecule has 1 aliphatic rings. The zero-order chi connectivity index (χ0) is 8.39. The molecule has 4 nitrogen and oxygen atoms in total. The molecule has 66 valence electrons. The molecular formula is C7H9IN2O2. The molecule has 12 heavy (non-hydrogen) atoms. The maximum absolute atomic E-state index is 5.45. The van der Waals surface area contributed by atoms with Crippen LogP contribution in [0.3, 0.4) is 0 Å². The van der Waals surface area contributed by atoms with Crippen molar-refractivity contribution in [2.24, 2.45) is 0 Å². The topological polar surface area (TPSA) is 36.3 Å². The quantitative estimate of drug-likeness (QED) is 0.721.